The number of nitrogens with zero attached hydrogens (tertiary/aromatic N) is 1. The van der Waals surface area contributed by atoms with E-state index in [0.717, 1.165) is 29.1 Å². The first-order valence-corrected chi connectivity index (χ1v) is 8.03. The van der Waals surface area contributed by atoms with E-state index in [0.29, 0.717) is 6.04 Å². The van der Waals surface area contributed by atoms with Gasteiger partial charge < -0.3 is 14.6 Å². The summed E-state index contributed by atoms with van der Waals surface area (Å²) in [7, 11) is 2.10. The van der Waals surface area contributed by atoms with Gasteiger partial charge in [-0.05, 0) is 36.8 Å². The van der Waals surface area contributed by atoms with Gasteiger partial charge in [-0.2, -0.15) is 0 Å². The van der Waals surface area contributed by atoms with Crippen LogP contribution in [0.4, 0.5) is 5.69 Å². The summed E-state index contributed by atoms with van der Waals surface area (Å²) in [6, 6.07) is 10.9. The van der Waals surface area contributed by atoms with E-state index in [2.05, 4.69) is 65.2 Å². The second kappa shape index (κ2) is 7.14. The molecule has 0 fully saturated rings. The second-order valence-electron chi connectivity index (χ2n) is 5.68. The highest BCUT2D eigenvalue weighted by molar-refractivity contribution is 9.10. The van der Waals surface area contributed by atoms with Crippen molar-refractivity contribution in [3.8, 4) is 0 Å². The second-order valence-corrected chi connectivity index (χ2v) is 6.59. The summed E-state index contributed by atoms with van der Waals surface area (Å²) in [5, 5.41) is 3.48. The van der Waals surface area contributed by atoms with E-state index in [-0.39, 0.29) is 0 Å². The minimum absolute atomic E-state index is 0.472. The third-order valence-electron chi connectivity index (χ3n) is 3.35. The Morgan fingerprint density at radius 2 is 2.00 bits per heavy atom. The Labute approximate surface area is 135 Å². The van der Waals surface area contributed by atoms with E-state index in [4.69, 9.17) is 4.42 Å². The zero-order valence-corrected chi connectivity index (χ0v) is 14.7. The lowest BCUT2D eigenvalue weighted by atomic mass is 10.1. The molecule has 0 unspecified atom stereocenters. The van der Waals surface area contributed by atoms with Crippen LogP contribution in [0.2, 0.25) is 0 Å². The van der Waals surface area contributed by atoms with E-state index in [1.807, 2.05) is 19.1 Å². The van der Waals surface area contributed by atoms with Crippen molar-refractivity contribution in [3.05, 3.63) is 51.9 Å². The predicted octanol–water partition coefficient (Wildman–Crippen LogP) is 4.48. The molecule has 0 aliphatic heterocycles. The molecular weight excluding hydrogens is 328 g/mol. The molecule has 0 aliphatic carbocycles. The van der Waals surface area contributed by atoms with E-state index >= 15 is 0 Å². The molecule has 0 atom stereocenters. The first kappa shape index (κ1) is 16.1. The number of halogens is 1. The largest absolute Gasteiger partial charge is 0.464 e. The number of hydrogen-bond acceptors (Lipinski definition) is 3. The van der Waals surface area contributed by atoms with Gasteiger partial charge in [0.2, 0.25) is 0 Å². The summed E-state index contributed by atoms with van der Waals surface area (Å²) in [6.07, 6.45) is 0. The molecule has 2 rings (SSSR count). The van der Waals surface area contributed by atoms with E-state index in [9.17, 15) is 0 Å². The molecule has 1 N–H and O–H groups in total. The number of anilines is 1. The molecule has 0 amide bonds. The van der Waals surface area contributed by atoms with Crippen molar-refractivity contribution in [1.29, 1.82) is 0 Å². The molecule has 1 aromatic carbocycles. The van der Waals surface area contributed by atoms with E-state index in [1.165, 1.54) is 11.3 Å². The first-order chi connectivity index (χ1) is 9.95. The minimum Gasteiger partial charge on any atom is -0.464 e. The normalized spacial score (nSPS) is 11.1. The molecule has 21 heavy (non-hydrogen) atoms. The topological polar surface area (TPSA) is 28.4 Å². The third kappa shape index (κ3) is 4.61. The fourth-order valence-electron chi connectivity index (χ4n) is 2.24. The highest BCUT2D eigenvalue weighted by atomic mass is 79.9. The van der Waals surface area contributed by atoms with Crippen molar-refractivity contribution < 1.29 is 4.42 Å². The quantitative estimate of drug-likeness (QED) is 0.832. The van der Waals surface area contributed by atoms with Crippen LogP contribution in [0.1, 0.15) is 30.9 Å². The lowest BCUT2D eigenvalue weighted by Gasteiger charge is -2.22. The summed E-state index contributed by atoms with van der Waals surface area (Å²) in [5.41, 5.74) is 2.50. The Balaban J connectivity index is 2.17. The monoisotopic (exact) mass is 350 g/mol. The molecule has 0 saturated carbocycles. The Hall–Kier alpha value is -1.26. The molecule has 0 bridgehead atoms. The van der Waals surface area contributed by atoms with Crippen LogP contribution >= 0.6 is 15.9 Å². The molecular formula is C17H23BrN2O. The number of nitrogens with one attached hydrogen (secondary N) is 1. The van der Waals surface area contributed by atoms with Gasteiger partial charge in [0.05, 0.1) is 6.54 Å². The lowest BCUT2D eigenvalue weighted by Crippen LogP contribution is -2.24. The van der Waals surface area contributed by atoms with Crippen molar-refractivity contribution in [2.45, 2.75) is 39.9 Å². The zero-order valence-electron chi connectivity index (χ0n) is 13.1. The summed E-state index contributed by atoms with van der Waals surface area (Å²) >= 11 is 3.56. The average Bonchev–Trinajstić information content (AvgIpc) is 2.82. The Morgan fingerprint density at radius 1 is 1.24 bits per heavy atom. The van der Waals surface area contributed by atoms with Gasteiger partial charge in [-0.1, -0.05) is 35.8 Å². The number of benzene rings is 1. The summed E-state index contributed by atoms with van der Waals surface area (Å²) in [5.74, 6) is 1.94. The SMILES string of the molecule is Cc1ccc(CN(C)c2cc(Br)ccc2CNC(C)C)o1. The standard InChI is InChI=1S/C17H23BrN2O/c1-12(2)19-10-14-6-7-15(18)9-17(14)20(4)11-16-8-5-13(3)21-16/h5-9,12,19H,10-11H2,1-4H3. The first-order valence-electron chi connectivity index (χ1n) is 7.24. The minimum atomic E-state index is 0.472. The van der Waals surface area contributed by atoms with E-state index in [1.54, 1.807) is 0 Å². The molecule has 1 aromatic heterocycles. The Kier molecular flexibility index (Phi) is 5.48. The van der Waals surface area contributed by atoms with Crippen LogP contribution in [0, 0.1) is 6.92 Å². The fourth-order valence-corrected chi connectivity index (χ4v) is 2.59. The average molecular weight is 351 g/mol. The van der Waals surface area contributed by atoms with E-state index < -0.39 is 0 Å². The number of hydrogen-bond donors (Lipinski definition) is 1. The van der Waals surface area contributed by atoms with Crippen LogP contribution in [0.15, 0.2) is 39.2 Å². The van der Waals surface area contributed by atoms with Gasteiger partial charge in [0.25, 0.3) is 0 Å². The molecule has 3 nitrogen and oxygen atoms in total. The predicted molar refractivity (Wildman–Crippen MR) is 91.7 cm³/mol. The molecule has 2 aromatic rings. The maximum Gasteiger partial charge on any atom is 0.123 e. The maximum absolute atomic E-state index is 5.67. The van der Waals surface area contributed by atoms with Crippen LogP contribution < -0.4 is 10.2 Å². The highest BCUT2D eigenvalue weighted by Gasteiger charge is 2.11. The summed E-state index contributed by atoms with van der Waals surface area (Å²) in [4.78, 5) is 2.22. The molecule has 4 heteroatoms. The van der Waals surface area contributed by atoms with Gasteiger partial charge in [0, 0.05) is 29.8 Å². The maximum atomic E-state index is 5.67. The van der Waals surface area contributed by atoms with Gasteiger partial charge in [0.1, 0.15) is 11.5 Å². The summed E-state index contributed by atoms with van der Waals surface area (Å²) < 4.78 is 6.77. The molecule has 0 aliphatic rings. The molecule has 0 saturated heterocycles. The molecule has 114 valence electrons. The lowest BCUT2D eigenvalue weighted by molar-refractivity contribution is 0.481. The summed E-state index contributed by atoms with van der Waals surface area (Å²) in [6.45, 7) is 7.92. The van der Waals surface area contributed by atoms with Crippen LogP contribution in [0.5, 0.6) is 0 Å². The molecule has 0 radical (unpaired) electrons. The van der Waals surface area contributed by atoms with Crippen molar-refractivity contribution in [2.75, 3.05) is 11.9 Å². The van der Waals surface area contributed by atoms with Gasteiger partial charge in [-0.15, -0.1) is 0 Å². The Morgan fingerprint density at radius 3 is 2.62 bits per heavy atom. The number of rotatable bonds is 6. The zero-order chi connectivity index (χ0) is 15.4. The molecule has 1 heterocycles. The van der Waals surface area contributed by atoms with Crippen LogP contribution in [0.3, 0.4) is 0 Å². The van der Waals surface area contributed by atoms with Gasteiger partial charge >= 0.3 is 0 Å². The third-order valence-corrected chi connectivity index (χ3v) is 3.84. The number of furan rings is 1. The molecule has 0 spiro atoms. The van der Waals surface area contributed by atoms with Crippen LogP contribution in [0.25, 0.3) is 0 Å². The van der Waals surface area contributed by atoms with Crippen molar-refractivity contribution >= 4 is 21.6 Å². The van der Waals surface area contributed by atoms with Gasteiger partial charge in [-0.3, -0.25) is 0 Å². The van der Waals surface area contributed by atoms with Gasteiger partial charge in [-0.25, -0.2) is 0 Å². The number of aryl methyl sites for hydroxylation is 1. The smallest absolute Gasteiger partial charge is 0.123 e. The van der Waals surface area contributed by atoms with Crippen LogP contribution in [-0.4, -0.2) is 13.1 Å². The fraction of sp³-hybridized carbons (Fsp3) is 0.412. The Bertz CT molecular complexity index is 592. The van der Waals surface area contributed by atoms with Crippen molar-refractivity contribution in [3.63, 3.8) is 0 Å². The van der Waals surface area contributed by atoms with Crippen LogP contribution in [-0.2, 0) is 13.1 Å². The highest BCUT2D eigenvalue weighted by Crippen LogP contribution is 2.26. The van der Waals surface area contributed by atoms with Crippen molar-refractivity contribution in [2.24, 2.45) is 0 Å². The van der Waals surface area contributed by atoms with Gasteiger partial charge in [0.15, 0.2) is 0 Å². The van der Waals surface area contributed by atoms with Crippen molar-refractivity contribution in [1.82, 2.24) is 5.32 Å².